The van der Waals surface area contributed by atoms with Crippen LogP contribution in [0.15, 0.2) is 66.9 Å². The standard InChI is InChI=1S/C26H27BN6O2/c27-21-16-30-33-24(13-22(31-25(21)33)20-10-4-5-11-23(20)34)28-15-19-9-6-12-32(17-19)26(35)29-14-18-7-2-1-3-8-18/h1-5,7-8,10-11,13,16,19,28,34H,6,9,12,14-15,17H2,(H,29,35). The van der Waals surface area contributed by atoms with E-state index in [9.17, 15) is 9.90 Å². The van der Waals surface area contributed by atoms with Gasteiger partial charge in [-0.15, -0.1) is 0 Å². The average Bonchev–Trinajstić information content (AvgIpc) is 3.27. The summed E-state index contributed by atoms with van der Waals surface area (Å²) in [6.07, 6.45) is 3.55. The minimum atomic E-state index is -0.0356. The molecule has 3 heterocycles. The highest BCUT2D eigenvalue weighted by Crippen LogP contribution is 2.29. The van der Waals surface area contributed by atoms with Gasteiger partial charge < -0.3 is 20.6 Å². The number of nitrogens with zero attached hydrogens (tertiary/aromatic N) is 4. The predicted octanol–water partition coefficient (Wildman–Crippen LogP) is 2.93. The van der Waals surface area contributed by atoms with Crippen molar-refractivity contribution in [2.24, 2.45) is 5.92 Å². The number of likely N-dealkylation sites (tertiary alicyclic amines) is 1. The van der Waals surface area contributed by atoms with Gasteiger partial charge in [0.1, 0.15) is 19.4 Å². The molecule has 35 heavy (non-hydrogen) atoms. The van der Waals surface area contributed by atoms with E-state index in [-0.39, 0.29) is 17.7 Å². The SMILES string of the molecule is [B]c1cnn2c(NCC3CCCN(C(=O)NCc4ccccc4)C3)cc(-c3ccccc3O)nc12. The fourth-order valence-electron chi connectivity index (χ4n) is 4.48. The zero-order valence-electron chi connectivity index (χ0n) is 19.4. The third-order valence-electron chi connectivity index (χ3n) is 6.34. The van der Waals surface area contributed by atoms with Gasteiger partial charge in [0.15, 0.2) is 5.65 Å². The Bertz CT molecular complexity index is 1330. The Morgan fingerprint density at radius 3 is 2.77 bits per heavy atom. The summed E-state index contributed by atoms with van der Waals surface area (Å²) in [7, 11) is 6.10. The van der Waals surface area contributed by atoms with Gasteiger partial charge in [0.05, 0.1) is 5.69 Å². The smallest absolute Gasteiger partial charge is 0.317 e. The van der Waals surface area contributed by atoms with Crippen LogP contribution in [0.5, 0.6) is 5.75 Å². The number of phenolic OH excluding ortho intramolecular Hbond substituents is 1. The van der Waals surface area contributed by atoms with Gasteiger partial charge in [-0.25, -0.2) is 9.78 Å². The van der Waals surface area contributed by atoms with Crippen LogP contribution < -0.4 is 16.1 Å². The molecule has 2 aromatic carbocycles. The lowest BCUT2D eigenvalue weighted by atomic mass is 9.98. The van der Waals surface area contributed by atoms with Crippen molar-refractivity contribution in [3.63, 3.8) is 0 Å². The summed E-state index contributed by atoms with van der Waals surface area (Å²) in [5, 5.41) is 21.2. The molecule has 1 fully saturated rings. The number of piperidine rings is 1. The number of aromatic hydroxyl groups is 1. The fourth-order valence-corrected chi connectivity index (χ4v) is 4.48. The molecule has 4 aromatic rings. The second kappa shape index (κ2) is 10.1. The lowest BCUT2D eigenvalue weighted by molar-refractivity contribution is 0.168. The number of amides is 2. The average molecular weight is 466 g/mol. The maximum Gasteiger partial charge on any atom is 0.317 e. The monoisotopic (exact) mass is 466 g/mol. The fraction of sp³-hybridized carbons (Fsp3) is 0.269. The van der Waals surface area contributed by atoms with Crippen molar-refractivity contribution < 1.29 is 9.90 Å². The lowest BCUT2D eigenvalue weighted by Crippen LogP contribution is -2.46. The molecular weight excluding hydrogens is 439 g/mol. The number of carbonyl (C=O) groups excluding carboxylic acids is 1. The molecule has 0 spiro atoms. The third-order valence-corrected chi connectivity index (χ3v) is 6.34. The van der Waals surface area contributed by atoms with Crippen LogP contribution in [-0.4, -0.2) is 58.1 Å². The van der Waals surface area contributed by atoms with Gasteiger partial charge in [-0.05, 0) is 41.9 Å². The summed E-state index contributed by atoms with van der Waals surface area (Å²) in [5.74, 6) is 1.17. The first kappa shape index (κ1) is 22.8. The number of para-hydroxylation sites is 1. The van der Waals surface area contributed by atoms with Crippen LogP contribution in [0.3, 0.4) is 0 Å². The van der Waals surface area contributed by atoms with Crippen LogP contribution in [0.25, 0.3) is 16.9 Å². The minimum Gasteiger partial charge on any atom is -0.507 e. The Hall–Kier alpha value is -4.01. The van der Waals surface area contributed by atoms with E-state index in [1.54, 1.807) is 22.8 Å². The highest BCUT2D eigenvalue weighted by molar-refractivity contribution is 6.36. The topological polar surface area (TPSA) is 94.8 Å². The highest BCUT2D eigenvalue weighted by Gasteiger charge is 2.24. The molecule has 0 saturated carbocycles. The molecule has 2 radical (unpaired) electrons. The first-order chi connectivity index (χ1) is 17.1. The molecule has 2 amide bonds. The van der Waals surface area contributed by atoms with E-state index < -0.39 is 0 Å². The Balaban J connectivity index is 1.27. The van der Waals surface area contributed by atoms with Gasteiger partial charge in [0.25, 0.3) is 0 Å². The lowest BCUT2D eigenvalue weighted by Gasteiger charge is -2.33. The van der Waals surface area contributed by atoms with Gasteiger partial charge >= 0.3 is 6.03 Å². The van der Waals surface area contributed by atoms with Crippen LogP contribution >= 0.6 is 0 Å². The Kier molecular flexibility index (Phi) is 6.56. The van der Waals surface area contributed by atoms with Crippen molar-refractivity contribution in [3.8, 4) is 17.0 Å². The number of fused-ring (bicyclic) bond motifs is 1. The van der Waals surface area contributed by atoms with Gasteiger partial charge in [-0.1, -0.05) is 42.5 Å². The van der Waals surface area contributed by atoms with Crippen molar-refractivity contribution in [1.29, 1.82) is 0 Å². The molecule has 5 rings (SSSR count). The quantitative estimate of drug-likeness (QED) is 0.380. The Morgan fingerprint density at radius 1 is 1.14 bits per heavy atom. The number of hydrogen-bond donors (Lipinski definition) is 3. The van der Waals surface area contributed by atoms with Crippen molar-refractivity contribution in [3.05, 3.63) is 72.4 Å². The highest BCUT2D eigenvalue weighted by atomic mass is 16.3. The summed E-state index contributed by atoms with van der Waals surface area (Å²) in [6, 6.07) is 18.8. The molecule has 9 heteroatoms. The second-order valence-electron chi connectivity index (χ2n) is 8.86. The predicted molar refractivity (Wildman–Crippen MR) is 137 cm³/mol. The summed E-state index contributed by atoms with van der Waals surface area (Å²) >= 11 is 0. The van der Waals surface area contributed by atoms with Crippen molar-refractivity contribution in [1.82, 2.24) is 24.8 Å². The van der Waals surface area contributed by atoms with Gasteiger partial charge in [0.2, 0.25) is 0 Å². The number of anilines is 1. The van der Waals surface area contributed by atoms with Crippen LogP contribution in [0.4, 0.5) is 10.6 Å². The number of aromatic nitrogens is 3. The second-order valence-corrected chi connectivity index (χ2v) is 8.86. The summed E-state index contributed by atoms with van der Waals surface area (Å²) in [4.78, 5) is 19.2. The van der Waals surface area contributed by atoms with E-state index in [2.05, 4.69) is 20.7 Å². The first-order valence-electron chi connectivity index (χ1n) is 11.8. The van der Waals surface area contributed by atoms with Gasteiger partial charge in [-0.2, -0.15) is 9.61 Å². The third kappa shape index (κ3) is 5.08. The molecule has 1 unspecified atom stereocenters. The van der Waals surface area contributed by atoms with Crippen LogP contribution in [0.1, 0.15) is 18.4 Å². The molecule has 1 saturated heterocycles. The molecule has 1 atom stereocenters. The number of rotatable bonds is 6. The van der Waals surface area contributed by atoms with Gasteiger partial charge in [0, 0.05) is 44.0 Å². The molecule has 176 valence electrons. The van der Waals surface area contributed by atoms with Crippen LogP contribution in [0, 0.1) is 5.92 Å². The molecular formula is C26H27BN6O2. The van der Waals surface area contributed by atoms with E-state index in [0.29, 0.717) is 42.0 Å². The molecule has 8 nitrogen and oxygen atoms in total. The maximum absolute atomic E-state index is 12.7. The summed E-state index contributed by atoms with van der Waals surface area (Å²) in [5.41, 5.74) is 3.30. The maximum atomic E-state index is 12.7. The van der Waals surface area contributed by atoms with Crippen molar-refractivity contribution in [2.75, 3.05) is 25.0 Å². The zero-order chi connectivity index (χ0) is 24.2. The first-order valence-corrected chi connectivity index (χ1v) is 11.8. The molecule has 1 aliphatic heterocycles. The number of urea groups is 1. The number of benzene rings is 2. The molecule has 2 aromatic heterocycles. The van der Waals surface area contributed by atoms with Crippen molar-refractivity contribution >= 4 is 30.8 Å². The van der Waals surface area contributed by atoms with Crippen LogP contribution in [-0.2, 0) is 6.54 Å². The number of nitrogens with one attached hydrogen (secondary N) is 2. The molecule has 1 aliphatic rings. The minimum absolute atomic E-state index is 0.0356. The molecule has 0 aliphatic carbocycles. The van der Waals surface area contributed by atoms with Gasteiger partial charge in [-0.3, -0.25) is 0 Å². The van der Waals surface area contributed by atoms with E-state index in [4.69, 9.17) is 7.85 Å². The van der Waals surface area contributed by atoms with E-state index in [1.165, 1.54) is 0 Å². The largest absolute Gasteiger partial charge is 0.507 e. The number of hydrogen-bond acceptors (Lipinski definition) is 5. The van der Waals surface area contributed by atoms with E-state index in [0.717, 1.165) is 30.8 Å². The van der Waals surface area contributed by atoms with Crippen molar-refractivity contribution in [2.45, 2.75) is 19.4 Å². The van der Waals surface area contributed by atoms with E-state index in [1.807, 2.05) is 53.4 Å². The number of phenols is 1. The van der Waals surface area contributed by atoms with Crippen LogP contribution in [0.2, 0.25) is 0 Å². The molecule has 3 N–H and O–H groups in total. The summed E-state index contributed by atoms with van der Waals surface area (Å²) < 4.78 is 1.67. The summed E-state index contributed by atoms with van der Waals surface area (Å²) in [6.45, 7) is 2.62. The Morgan fingerprint density at radius 2 is 1.94 bits per heavy atom. The normalized spacial score (nSPS) is 15.8. The zero-order valence-corrected chi connectivity index (χ0v) is 19.4. The molecule has 0 bridgehead atoms. The Labute approximate surface area is 205 Å². The van der Waals surface area contributed by atoms with E-state index >= 15 is 0 Å². The number of carbonyl (C=O) groups is 1.